The van der Waals surface area contributed by atoms with Crippen molar-refractivity contribution in [3.8, 4) is 0 Å². The van der Waals surface area contributed by atoms with Gasteiger partial charge in [-0.3, -0.25) is 4.90 Å². The molecule has 2 nitrogen and oxygen atoms in total. The molecule has 1 aliphatic rings. The highest BCUT2D eigenvalue weighted by Crippen LogP contribution is 2.19. The van der Waals surface area contributed by atoms with Crippen molar-refractivity contribution in [1.29, 1.82) is 0 Å². The van der Waals surface area contributed by atoms with Crippen LogP contribution >= 0.6 is 0 Å². The van der Waals surface area contributed by atoms with Crippen molar-refractivity contribution in [1.82, 2.24) is 10.2 Å². The van der Waals surface area contributed by atoms with Gasteiger partial charge in [0.1, 0.15) is 0 Å². The fourth-order valence-corrected chi connectivity index (χ4v) is 2.08. The van der Waals surface area contributed by atoms with E-state index in [-0.39, 0.29) is 0 Å². The zero-order valence-corrected chi connectivity index (χ0v) is 10.8. The molecule has 0 radical (unpaired) electrons. The number of likely N-dealkylation sites (N-methyl/N-ethyl adjacent to an activating group) is 1. The van der Waals surface area contributed by atoms with Gasteiger partial charge in [-0.25, -0.2) is 0 Å². The molecule has 1 rings (SSSR count). The summed E-state index contributed by atoms with van der Waals surface area (Å²) in [6, 6.07) is 1.60. The monoisotopic (exact) mass is 212 g/mol. The second-order valence-electron chi connectivity index (χ2n) is 4.73. The van der Waals surface area contributed by atoms with Crippen LogP contribution in [0.15, 0.2) is 0 Å². The molecule has 15 heavy (non-hydrogen) atoms. The lowest BCUT2D eigenvalue weighted by Crippen LogP contribution is -2.43. The topological polar surface area (TPSA) is 15.3 Å². The minimum Gasteiger partial charge on any atom is -0.312 e. The summed E-state index contributed by atoms with van der Waals surface area (Å²) in [6.07, 6.45) is 6.73. The molecule has 1 aliphatic carbocycles. The fourth-order valence-electron chi connectivity index (χ4n) is 2.08. The average Bonchev–Trinajstić information content (AvgIpc) is 3.06. The molecule has 1 atom stereocenters. The molecule has 1 fully saturated rings. The lowest BCUT2D eigenvalue weighted by molar-refractivity contribution is 0.193. The van der Waals surface area contributed by atoms with Crippen molar-refractivity contribution < 1.29 is 0 Å². The summed E-state index contributed by atoms with van der Waals surface area (Å²) < 4.78 is 0. The molecule has 0 aliphatic heterocycles. The van der Waals surface area contributed by atoms with E-state index in [4.69, 9.17) is 0 Å². The first-order valence-corrected chi connectivity index (χ1v) is 6.79. The van der Waals surface area contributed by atoms with E-state index in [9.17, 15) is 0 Å². The third-order valence-corrected chi connectivity index (χ3v) is 3.41. The highest BCUT2D eigenvalue weighted by molar-refractivity contribution is 4.83. The van der Waals surface area contributed by atoms with Crippen LogP contribution in [0.25, 0.3) is 0 Å². The van der Waals surface area contributed by atoms with E-state index in [0.717, 1.165) is 12.1 Å². The molecule has 0 aromatic carbocycles. The summed E-state index contributed by atoms with van der Waals surface area (Å²) in [5.41, 5.74) is 0. The van der Waals surface area contributed by atoms with Gasteiger partial charge in [0, 0.05) is 18.6 Å². The van der Waals surface area contributed by atoms with Crippen LogP contribution in [0.1, 0.15) is 52.9 Å². The Morgan fingerprint density at radius 3 is 2.47 bits per heavy atom. The van der Waals surface area contributed by atoms with E-state index in [1.54, 1.807) is 0 Å². The van der Waals surface area contributed by atoms with Crippen molar-refractivity contribution in [2.45, 2.75) is 65.0 Å². The van der Waals surface area contributed by atoms with E-state index >= 15 is 0 Å². The molecule has 0 aromatic heterocycles. The van der Waals surface area contributed by atoms with Gasteiger partial charge in [0.2, 0.25) is 0 Å². The smallest absolute Gasteiger partial charge is 0.0217 e. The number of nitrogens with zero attached hydrogens (tertiary/aromatic N) is 1. The molecule has 1 N–H and O–H groups in total. The summed E-state index contributed by atoms with van der Waals surface area (Å²) in [5, 5.41) is 3.66. The minimum atomic E-state index is 0.752. The van der Waals surface area contributed by atoms with E-state index in [1.807, 2.05) is 0 Å². The molecule has 2 heteroatoms. The van der Waals surface area contributed by atoms with Crippen molar-refractivity contribution in [3.63, 3.8) is 0 Å². The van der Waals surface area contributed by atoms with Crippen LogP contribution in [-0.2, 0) is 0 Å². The lowest BCUT2D eigenvalue weighted by Gasteiger charge is -2.30. The quantitative estimate of drug-likeness (QED) is 0.632. The zero-order chi connectivity index (χ0) is 11.1. The standard InChI is InChI=1S/C13H28N2/c1-4-7-10-15(6-3)13(5-2)11-14-12-8-9-12/h12-14H,4-11H2,1-3H3. The molecule has 0 bridgehead atoms. The number of unbranched alkanes of at least 4 members (excludes halogenated alkanes) is 1. The van der Waals surface area contributed by atoms with Gasteiger partial charge in [-0.2, -0.15) is 0 Å². The van der Waals surface area contributed by atoms with Crippen LogP contribution in [0.3, 0.4) is 0 Å². The lowest BCUT2D eigenvalue weighted by atomic mass is 10.1. The second kappa shape index (κ2) is 7.24. The third-order valence-electron chi connectivity index (χ3n) is 3.41. The predicted octanol–water partition coefficient (Wildman–Crippen LogP) is 2.64. The molecule has 0 heterocycles. The summed E-state index contributed by atoms with van der Waals surface area (Å²) in [5.74, 6) is 0. The van der Waals surface area contributed by atoms with Gasteiger partial charge in [-0.15, -0.1) is 0 Å². The minimum absolute atomic E-state index is 0.752. The summed E-state index contributed by atoms with van der Waals surface area (Å²) in [4.78, 5) is 2.64. The molecule has 90 valence electrons. The predicted molar refractivity (Wildman–Crippen MR) is 67.3 cm³/mol. The van der Waals surface area contributed by atoms with Gasteiger partial charge < -0.3 is 5.32 Å². The zero-order valence-electron chi connectivity index (χ0n) is 10.8. The SMILES string of the molecule is CCCCN(CC)C(CC)CNC1CC1. The Kier molecular flexibility index (Phi) is 6.26. The maximum atomic E-state index is 3.66. The van der Waals surface area contributed by atoms with Crippen molar-refractivity contribution in [2.24, 2.45) is 0 Å². The first kappa shape index (κ1) is 13.0. The third kappa shape index (κ3) is 4.98. The Balaban J connectivity index is 2.23. The first-order valence-electron chi connectivity index (χ1n) is 6.79. The van der Waals surface area contributed by atoms with E-state index in [2.05, 4.69) is 31.0 Å². The number of rotatable bonds is 9. The molecular formula is C13H28N2. The maximum Gasteiger partial charge on any atom is 0.0217 e. The largest absolute Gasteiger partial charge is 0.312 e. The van der Waals surface area contributed by atoms with Crippen LogP contribution in [-0.4, -0.2) is 36.6 Å². The molecule has 0 spiro atoms. The summed E-state index contributed by atoms with van der Waals surface area (Å²) in [7, 11) is 0. The maximum absolute atomic E-state index is 3.66. The van der Waals surface area contributed by atoms with Gasteiger partial charge in [0.15, 0.2) is 0 Å². The molecule has 0 amide bonds. The van der Waals surface area contributed by atoms with Crippen LogP contribution < -0.4 is 5.32 Å². The number of nitrogens with one attached hydrogen (secondary N) is 1. The number of hydrogen-bond acceptors (Lipinski definition) is 2. The van der Waals surface area contributed by atoms with Crippen LogP contribution in [0.4, 0.5) is 0 Å². The van der Waals surface area contributed by atoms with Crippen molar-refractivity contribution >= 4 is 0 Å². The van der Waals surface area contributed by atoms with E-state index in [0.29, 0.717) is 0 Å². The molecule has 0 saturated heterocycles. The molecule has 0 aromatic rings. The van der Waals surface area contributed by atoms with Crippen LogP contribution in [0.5, 0.6) is 0 Å². The summed E-state index contributed by atoms with van der Waals surface area (Å²) >= 11 is 0. The molecule has 1 saturated carbocycles. The highest BCUT2D eigenvalue weighted by Gasteiger charge is 2.23. The van der Waals surface area contributed by atoms with Crippen LogP contribution in [0, 0.1) is 0 Å². The van der Waals surface area contributed by atoms with Gasteiger partial charge in [-0.1, -0.05) is 27.2 Å². The number of hydrogen-bond donors (Lipinski definition) is 1. The van der Waals surface area contributed by atoms with Crippen LogP contribution in [0.2, 0.25) is 0 Å². The Bertz CT molecular complexity index is 155. The van der Waals surface area contributed by atoms with E-state index in [1.165, 1.54) is 51.7 Å². The van der Waals surface area contributed by atoms with Gasteiger partial charge in [0.05, 0.1) is 0 Å². The van der Waals surface area contributed by atoms with Gasteiger partial charge >= 0.3 is 0 Å². The summed E-state index contributed by atoms with van der Waals surface area (Å²) in [6.45, 7) is 10.5. The molecule has 1 unspecified atom stereocenters. The Hall–Kier alpha value is -0.0800. The van der Waals surface area contributed by atoms with Gasteiger partial charge in [-0.05, 0) is 38.8 Å². The Morgan fingerprint density at radius 2 is 2.00 bits per heavy atom. The molecular weight excluding hydrogens is 184 g/mol. The van der Waals surface area contributed by atoms with Gasteiger partial charge in [0.25, 0.3) is 0 Å². The van der Waals surface area contributed by atoms with Crippen molar-refractivity contribution in [2.75, 3.05) is 19.6 Å². The normalized spacial score (nSPS) is 18.4. The Labute approximate surface area is 95.4 Å². The fraction of sp³-hybridized carbons (Fsp3) is 1.00. The van der Waals surface area contributed by atoms with Crippen molar-refractivity contribution in [3.05, 3.63) is 0 Å². The average molecular weight is 212 g/mol. The second-order valence-corrected chi connectivity index (χ2v) is 4.73. The van der Waals surface area contributed by atoms with E-state index < -0.39 is 0 Å². The highest BCUT2D eigenvalue weighted by atomic mass is 15.2. The Morgan fingerprint density at radius 1 is 1.27 bits per heavy atom. The first-order chi connectivity index (χ1) is 7.31.